The fraction of sp³-hybridized carbons (Fsp3) is 0.625. The topological polar surface area (TPSA) is 74.7 Å². The van der Waals surface area contributed by atoms with Crippen LogP contribution in [-0.4, -0.2) is 42.1 Å². The second-order valence-electron chi connectivity index (χ2n) is 2.66. The molecule has 0 rings (SSSR count). The number of sulfonamides is 1. The molecule has 1 unspecified atom stereocenters. The third-order valence-electron chi connectivity index (χ3n) is 1.77. The fourth-order valence-electron chi connectivity index (χ4n) is 0.835. The van der Waals surface area contributed by atoms with Crippen LogP contribution in [0.1, 0.15) is 13.8 Å². The molecule has 0 amide bonds. The van der Waals surface area contributed by atoms with E-state index in [0.717, 1.165) is 11.2 Å². The Labute approximate surface area is 83.8 Å². The van der Waals surface area contributed by atoms with Gasteiger partial charge in [0.05, 0.1) is 6.54 Å². The third-order valence-corrected chi connectivity index (χ3v) is 3.98. The molecule has 0 aliphatic rings. The van der Waals surface area contributed by atoms with Gasteiger partial charge in [-0.25, -0.2) is 8.42 Å². The minimum atomic E-state index is -3.82. The van der Waals surface area contributed by atoms with Crippen molar-refractivity contribution in [1.82, 2.24) is 4.31 Å². The van der Waals surface area contributed by atoms with E-state index in [-0.39, 0.29) is 13.1 Å². The van der Waals surface area contributed by atoms with E-state index >= 15 is 0 Å². The van der Waals surface area contributed by atoms with Crippen LogP contribution in [0.3, 0.4) is 0 Å². The minimum absolute atomic E-state index is 0.101. The van der Waals surface area contributed by atoms with Crippen LogP contribution in [0.5, 0.6) is 0 Å². The molecule has 0 aromatic rings. The Morgan fingerprint density at radius 2 is 2.14 bits per heavy atom. The van der Waals surface area contributed by atoms with Gasteiger partial charge in [0.2, 0.25) is 10.0 Å². The Hall–Kier alpha value is -1.06. The first-order chi connectivity index (χ1) is 6.37. The highest BCUT2D eigenvalue weighted by Crippen LogP contribution is 2.08. The number of aliphatic carboxylic acids is 1. The molecule has 0 aliphatic heterocycles. The maximum atomic E-state index is 11.5. The van der Waals surface area contributed by atoms with Crippen molar-refractivity contribution in [2.45, 2.75) is 19.1 Å². The highest BCUT2D eigenvalue weighted by Gasteiger charge is 2.32. The molecule has 80 valence electrons. The maximum Gasteiger partial charge on any atom is 0.323 e. The zero-order chi connectivity index (χ0) is 11.4. The van der Waals surface area contributed by atoms with Crippen molar-refractivity contribution in [2.75, 3.05) is 13.1 Å². The van der Waals surface area contributed by atoms with Crippen LogP contribution < -0.4 is 0 Å². The molecule has 0 fully saturated rings. The van der Waals surface area contributed by atoms with Gasteiger partial charge >= 0.3 is 5.97 Å². The van der Waals surface area contributed by atoms with E-state index in [9.17, 15) is 13.2 Å². The summed E-state index contributed by atoms with van der Waals surface area (Å²) >= 11 is 0. The predicted octanol–water partition coefficient (Wildman–Crippen LogP) is -0.256. The minimum Gasteiger partial charge on any atom is -0.480 e. The molecule has 0 bridgehead atoms. The van der Waals surface area contributed by atoms with E-state index in [4.69, 9.17) is 11.5 Å². The van der Waals surface area contributed by atoms with Crippen molar-refractivity contribution in [3.8, 4) is 12.3 Å². The van der Waals surface area contributed by atoms with Gasteiger partial charge in [-0.05, 0) is 6.92 Å². The number of terminal acetylenes is 1. The summed E-state index contributed by atoms with van der Waals surface area (Å²) < 4.78 is 24.0. The number of carboxylic acid groups (broad SMARTS) is 1. The van der Waals surface area contributed by atoms with Crippen molar-refractivity contribution < 1.29 is 18.3 Å². The standard InChI is InChI=1S/C8H13NO4S/c1-4-6-9(5-2)14(12,13)7(3)8(10)11/h1,7H,5-6H2,2-3H3,(H,10,11). The van der Waals surface area contributed by atoms with Crippen LogP contribution in [0.25, 0.3) is 0 Å². The van der Waals surface area contributed by atoms with Crippen molar-refractivity contribution in [1.29, 1.82) is 0 Å². The Morgan fingerprint density at radius 3 is 2.43 bits per heavy atom. The molecule has 0 saturated heterocycles. The molecule has 6 heteroatoms. The highest BCUT2D eigenvalue weighted by atomic mass is 32.2. The first-order valence-corrected chi connectivity index (χ1v) is 5.53. The molecule has 0 aliphatic carbocycles. The summed E-state index contributed by atoms with van der Waals surface area (Å²) in [6.45, 7) is 2.79. The first-order valence-electron chi connectivity index (χ1n) is 4.03. The molecule has 0 saturated carbocycles. The van der Waals surface area contributed by atoms with Gasteiger partial charge in [-0.2, -0.15) is 4.31 Å². The molecule has 0 spiro atoms. The van der Waals surface area contributed by atoms with Crippen molar-refractivity contribution >= 4 is 16.0 Å². The van der Waals surface area contributed by atoms with Gasteiger partial charge in [0, 0.05) is 6.54 Å². The molecule has 1 atom stereocenters. The number of rotatable bonds is 5. The van der Waals surface area contributed by atoms with Gasteiger partial charge in [0.25, 0.3) is 0 Å². The van der Waals surface area contributed by atoms with Crippen molar-refractivity contribution in [3.05, 3.63) is 0 Å². The summed E-state index contributed by atoms with van der Waals surface area (Å²) in [5.74, 6) is 0.798. The number of carboxylic acids is 1. The SMILES string of the molecule is C#CCN(CC)S(=O)(=O)C(C)C(=O)O. The monoisotopic (exact) mass is 219 g/mol. The predicted molar refractivity (Wildman–Crippen MR) is 52.1 cm³/mol. The Bertz CT molecular complexity index is 341. The maximum absolute atomic E-state index is 11.5. The van der Waals surface area contributed by atoms with E-state index in [1.54, 1.807) is 6.92 Å². The number of hydrogen-bond acceptors (Lipinski definition) is 3. The van der Waals surface area contributed by atoms with Crippen LogP contribution in [0, 0.1) is 12.3 Å². The molecule has 5 nitrogen and oxygen atoms in total. The summed E-state index contributed by atoms with van der Waals surface area (Å²) in [4.78, 5) is 10.5. The van der Waals surface area contributed by atoms with Gasteiger partial charge in [-0.15, -0.1) is 6.42 Å². The summed E-state index contributed by atoms with van der Waals surface area (Å²) in [7, 11) is -3.82. The molecular formula is C8H13NO4S. The largest absolute Gasteiger partial charge is 0.480 e. The summed E-state index contributed by atoms with van der Waals surface area (Å²) in [6.07, 6.45) is 4.97. The van der Waals surface area contributed by atoms with Crippen LogP contribution in [0.15, 0.2) is 0 Å². The van der Waals surface area contributed by atoms with Gasteiger partial charge < -0.3 is 5.11 Å². The summed E-state index contributed by atoms with van der Waals surface area (Å²) in [5, 5.41) is 7.11. The van der Waals surface area contributed by atoms with Crippen LogP contribution in [0.2, 0.25) is 0 Å². The van der Waals surface area contributed by atoms with Crippen LogP contribution in [0.4, 0.5) is 0 Å². The second kappa shape index (κ2) is 4.98. The van der Waals surface area contributed by atoms with Crippen LogP contribution >= 0.6 is 0 Å². The molecule has 0 radical (unpaired) electrons. The van der Waals surface area contributed by atoms with Crippen LogP contribution in [-0.2, 0) is 14.8 Å². The second-order valence-corrected chi connectivity index (χ2v) is 4.91. The van der Waals surface area contributed by atoms with Gasteiger partial charge in [0.15, 0.2) is 5.25 Å². The average molecular weight is 219 g/mol. The zero-order valence-corrected chi connectivity index (χ0v) is 8.91. The number of nitrogens with zero attached hydrogens (tertiary/aromatic N) is 1. The lowest BCUT2D eigenvalue weighted by molar-refractivity contribution is -0.136. The normalized spacial score (nSPS) is 13.6. The molecular weight excluding hydrogens is 206 g/mol. The lowest BCUT2D eigenvalue weighted by atomic mass is 10.5. The van der Waals surface area contributed by atoms with Crippen molar-refractivity contribution in [2.24, 2.45) is 0 Å². The first kappa shape index (κ1) is 12.9. The van der Waals surface area contributed by atoms with Gasteiger partial charge in [0.1, 0.15) is 0 Å². The van der Waals surface area contributed by atoms with Crippen molar-refractivity contribution in [3.63, 3.8) is 0 Å². The van der Waals surface area contributed by atoms with E-state index in [0.29, 0.717) is 0 Å². The van der Waals surface area contributed by atoms with E-state index < -0.39 is 21.2 Å². The molecule has 14 heavy (non-hydrogen) atoms. The fourth-order valence-corrected chi connectivity index (χ4v) is 2.15. The summed E-state index contributed by atoms with van der Waals surface area (Å²) in [5.41, 5.74) is 0. The summed E-state index contributed by atoms with van der Waals surface area (Å²) in [6, 6.07) is 0. The van der Waals surface area contributed by atoms with E-state index in [1.807, 2.05) is 0 Å². The Kier molecular flexibility index (Phi) is 4.60. The van der Waals surface area contributed by atoms with Gasteiger partial charge in [-0.1, -0.05) is 12.8 Å². The number of carbonyl (C=O) groups is 1. The van der Waals surface area contributed by atoms with E-state index in [1.165, 1.54) is 0 Å². The molecule has 0 aromatic heterocycles. The zero-order valence-electron chi connectivity index (χ0n) is 8.10. The smallest absolute Gasteiger partial charge is 0.323 e. The molecule has 0 aromatic carbocycles. The quantitative estimate of drug-likeness (QED) is 0.647. The van der Waals surface area contributed by atoms with E-state index in [2.05, 4.69) is 5.92 Å². The number of hydrogen-bond donors (Lipinski definition) is 1. The molecule has 1 N–H and O–H groups in total. The lowest BCUT2D eigenvalue weighted by Crippen LogP contribution is -2.41. The average Bonchev–Trinajstić information content (AvgIpc) is 2.12. The lowest BCUT2D eigenvalue weighted by Gasteiger charge is -2.20. The highest BCUT2D eigenvalue weighted by molar-refractivity contribution is 7.90. The molecule has 0 heterocycles. The van der Waals surface area contributed by atoms with Gasteiger partial charge in [-0.3, -0.25) is 4.79 Å². The Balaban J connectivity index is 4.94. The third kappa shape index (κ3) is 2.72. The Morgan fingerprint density at radius 1 is 1.64 bits per heavy atom.